The van der Waals surface area contributed by atoms with Gasteiger partial charge in [0.05, 0.1) is 18.7 Å². The van der Waals surface area contributed by atoms with E-state index >= 15 is 0 Å². The van der Waals surface area contributed by atoms with Gasteiger partial charge in [-0.1, -0.05) is 11.8 Å². The van der Waals surface area contributed by atoms with Crippen LogP contribution in [0.5, 0.6) is 0 Å². The van der Waals surface area contributed by atoms with Gasteiger partial charge >= 0.3 is 12.0 Å². The number of amides is 2. The molecule has 0 aromatic rings. The van der Waals surface area contributed by atoms with E-state index in [1.54, 1.807) is 6.92 Å². The van der Waals surface area contributed by atoms with E-state index in [4.69, 9.17) is 21.6 Å². The number of aliphatic imine (C=N–C) groups is 1. The van der Waals surface area contributed by atoms with Crippen LogP contribution in [-0.4, -0.2) is 42.0 Å². The second-order valence-electron chi connectivity index (χ2n) is 3.62. The average Bonchev–Trinajstić information content (AvgIpc) is 2.36. The zero-order chi connectivity index (χ0) is 15.1. The van der Waals surface area contributed by atoms with E-state index in [0.717, 1.165) is 11.8 Å². The maximum Gasteiger partial charge on any atom is 0.337 e. The number of hydrogen-bond donors (Lipinski definition) is 5. The molecule has 0 saturated carbocycles. The SMILES string of the molecule is CCOC(=O)C1=C(CSC(=N)N=C(N)N)NC(=O)NC1. The molecule has 0 aliphatic carbocycles. The summed E-state index contributed by atoms with van der Waals surface area (Å²) >= 11 is 0.980. The highest BCUT2D eigenvalue weighted by atomic mass is 32.2. The van der Waals surface area contributed by atoms with Gasteiger partial charge in [0.1, 0.15) is 0 Å². The zero-order valence-electron chi connectivity index (χ0n) is 10.9. The van der Waals surface area contributed by atoms with E-state index < -0.39 is 12.0 Å². The lowest BCUT2D eigenvalue weighted by Crippen LogP contribution is -2.44. The van der Waals surface area contributed by atoms with Crippen molar-refractivity contribution in [1.82, 2.24) is 10.6 Å². The first-order chi connectivity index (χ1) is 9.43. The molecule has 9 nitrogen and oxygen atoms in total. The number of hydrogen-bond acceptors (Lipinski definition) is 5. The van der Waals surface area contributed by atoms with Crippen molar-refractivity contribution in [2.75, 3.05) is 18.9 Å². The summed E-state index contributed by atoms with van der Waals surface area (Å²) in [5.41, 5.74) is 11.0. The lowest BCUT2D eigenvalue weighted by molar-refractivity contribution is -0.138. The molecule has 0 fully saturated rings. The number of guanidine groups is 1. The quantitative estimate of drug-likeness (QED) is 0.256. The summed E-state index contributed by atoms with van der Waals surface area (Å²) in [4.78, 5) is 26.6. The minimum atomic E-state index is -0.510. The van der Waals surface area contributed by atoms with Crippen molar-refractivity contribution in [3.05, 3.63) is 11.3 Å². The van der Waals surface area contributed by atoms with Crippen LogP contribution in [0.4, 0.5) is 4.79 Å². The molecule has 0 bridgehead atoms. The number of rotatable bonds is 4. The predicted molar refractivity (Wildman–Crippen MR) is 76.2 cm³/mol. The maximum atomic E-state index is 11.7. The molecule has 0 aromatic heterocycles. The Hall–Kier alpha value is -2.23. The third-order valence-electron chi connectivity index (χ3n) is 2.16. The monoisotopic (exact) mass is 300 g/mol. The standard InChI is InChI=1S/C10H16N6O3S/c1-2-19-7(17)5-3-14-10(18)15-6(5)4-20-9(13)16-8(11)12/h2-4H2,1H3,(H2,14,15,18)(H5,11,12,13,16). The van der Waals surface area contributed by atoms with E-state index in [1.807, 2.05) is 0 Å². The van der Waals surface area contributed by atoms with E-state index in [-0.39, 0.29) is 30.0 Å². The lowest BCUT2D eigenvalue weighted by Gasteiger charge is -2.20. The summed E-state index contributed by atoms with van der Waals surface area (Å²) in [7, 11) is 0. The molecule has 1 aliphatic heterocycles. The Morgan fingerprint density at radius 1 is 1.55 bits per heavy atom. The fourth-order valence-corrected chi connectivity index (χ4v) is 2.06. The fourth-order valence-electron chi connectivity index (χ4n) is 1.36. The maximum absolute atomic E-state index is 11.7. The first-order valence-corrected chi connectivity index (χ1v) is 6.67. The highest BCUT2D eigenvalue weighted by Gasteiger charge is 2.23. The summed E-state index contributed by atoms with van der Waals surface area (Å²) in [6.07, 6.45) is 0. The van der Waals surface area contributed by atoms with Crippen LogP contribution < -0.4 is 22.1 Å². The second-order valence-corrected chi connectivity index (χ2v) is 4.58. The highest BCUT2D eigenvalue weighted by Crippen LogP contribution is 2.15. The molecule has 0 atom stereocenters. The Labute approximate surface area is 119 Å². The molecule has 0 spiro atoms. The molecule has 2 amide bonds. The molecule has 0 radical (unpaired) electrons. The Balaban J connectivity index is 2.78. The minimum absolute atomic E-state index is 0.0796. The summed E-state index contributed by atoms with van der Waals surface area (Å²) in [5, 5.41) is 12.4. The van der Waals surface area contributed by atoms with Gasteiger partial charge in [0.2, 0.25) is 0 Å². The molecule has 10 heteroatoms. The number of carbonyl (C=O) groups excluding carboxylic acids is 2. The van der Waals surface area contributed by atoms with Gasteiger partial charge < -0.3 is 26.8 Å². The second kappa shape index (κ2) is 7.38. The lowest BCUT2D eigenvalue weighted by atomic mass is 10.2. The van der Waals surface area contributed by atoms with Crippen LogP contribution >= 0.6 is 11.8 Å². The first-order valence-electron chi connectivity index (χ1n) is 5.69. The molecular formula is C10H16N6O3S. The van der Waals surface area contributed by atoms with Gasteiger partial charge in [0.15, 0.2) is 11.1 Å². The van der Waals surface area contributed by atoms with Crippen molar-refractivity contribution in [2.45, 2.75) is 6.92 Å². The summed E-state index contributed by atoms with van der Waals surface area (Å²) < 4.78 is 4.90. The Morgan fingerprint density at radius 2 is 2.25 bits per heavy atom. The van der Waals surface area contributed by atoms with Gasteiger partial charge in [0, 0.05) is 11.4 Å². The molecule has 0 saturated heterocycles. The minimum Gasteiger partial charge on any atom is -0.463 e. The van der Waals surface area contributed by atoms with Gasteiger partial charge in [-0.3, -0.25) is 5.41 Å². The number of urea groups is 1. The largest absolute Gasteiger partial charge is 0.463 e. The third kappa shape index (κ3) is 4.80. The first kappa shape index (κ1) is 15.8. The van der Waals surface area contributed by atoms with Crippen molar-refractivity contribution in [1.29, 1.82) is 5.41 Å². The van der Waals surface area contributed by atoms with Crippen molar-refractivity contribution < 1.29 is 14.3 Å². The van der Waals surface area contributed by atoms with Gasteiger partial charge in [-0.15, -0.1) is 0 Å². The number of nitrogens with zero attached hydrogens (tertiary/aromatic N) is 1. The predicted octanol–water partition coefficient (Wildman–Crippen LogP) is -0.942. The number of ether oxygens (including phenoxy) is 1. The topological polar surface area (TPSA) is 156 Å². The smallest absolute Gasteiger partial charge is 0.337 e. The van der Waals surface area contributed by atoms with E-state index in [0.29, 0.717) is 11.3 Å². The summed E-state index contributed by atoms with van der Waals surface area (Å²) in [5.74, 6) is -0.558. The molecule has 0 unspecified atom stereocenters. The number of thioether (sulfide) groups is 1. The normalized spacial score (nSPS) is 14.2. The van der Waals surface area contributed by atoms with E-state index in [1.165, 1.54) is 0 Å². The van der Waals surface area contributed by atoms with Crippen molar-refractivity contribution >= 4 is 34.9 Å². The zero-order valence-corrected chi connectivity index (χ0v) is 11.7. The molecule has 7 N–H and O–H groups in total. The van der Waals surface area contributed by atoms with Crippen LogP contribution in [0.2, 0.25) is 0 Å². The Bertz CT molecular complexity index is 483. The van der Waals surface area contributed by atoms with E-state index in [9.17, 15) is 9.59 Å². The van der Waals surface area contributed by atoms with Gasteiger partial charge in [0.25, 0.3) is 0 Å². The van der Waals surface area contributed by atoms with E-state index in [2.05, 4.69) is 15.6 Å². The van der Waals surface area contributed by atoms with Crippen LogP contribution in [-0.2, 0) is 9.53 Å². The molecule has 1 rings (SSSR count). The average molecular weight is 300 g/mol. The highest BCUT2D eigenvalue weighted by molar-refractivity contribution is 8.13. The number of nitrogens with one attached hydrogen (secondary N) is 3. The van der Waals surface area contributed by atoms with Crippen molar-refractivity contribution in [3.63, 3.8) is 0 Å². The van der Waals surface area contributed by atoms with Crippen LogP contribution in [0, 0.1) is 5.41 Å². The summed E-state index contributed by atoms with van der Waals surface area (Å²) in [6, 6.07) is -0.415. The molecule has 20 heavy (non-hydrogen) atoms. The fraction of sp³-hybridized carbons (Fsp3) is 0.400. The van der Waals surface area contributed by atoms with Crippen LogP contribution in [0.3, 0.4) is 0 Å². The third-order valence-corrected chi connectivity index (χ3v) is 2.96. The molecule has 1 aliphatic rings. The van der Waals surface area contributed by atoms with Crippen LogP contribution in [0.15, 0.2) is 16.3 Å². The molecule has 110 valence electrons. The van der Waals surface area contributed by atoms with Crippen LogP contribution in [0.1, 0.15) is 6.92 Å². The number of esters is 1. The van der Waals surface area contributed by atoms with Crippen molar-refractivity contribution in [2.24, 2.45) is 16.5 Å². The van der Waals surface area contributed by atoms with Crippen molar-refractivity contribution in [3.8, 4) is 0 Å². The molecule has 1 heterocycles. The Morgan fingerprint density at radius 3 is 2.85 bits per heavy atom. The molecular weight excluding hydrogens is 284 g/mol. The Kier molecular flexibility index (Phi) is 5.84. The van der Waals surface area contributed by atoms with Gasteiger partial charge in [-0.25, -0.2) is 9.59 Å². The number of amidine groups is 1. The summed E-state index contributed by atoms with van der Waals surface area (Å²) in [6.45, 7) is 2.01. The van der Waals surface area contributed by atoms with Gasteiger partial charge in [-0.2, -0.15) is 4.99 Å². The van der Waals surface area contributed by atoms with Crippen LogP contribution in [0.25, 0.3) is 0 Å². The number of nitrogens with two attached hydrogens (primary N) is 2. The molecule has 0 aromatic carbocycles. The number of carbonyl (C=O) groups is 2. The van der Waals surface area contributed by atoms with Gasteiger partial charge in [-0.05, 0) is 6.92 Å².